The van der Waals surface area contributed by atoms with Crippen LogP contribution < -0.4 is 10.1 Å². The Morgan fingerprint density at radius 2 is 1.56 bits per heavy atom. The van der Waals surface area contributed by atoms with Crippen LogP contribution in [-0.4, -0.2) is 29.0 Å². The van der Waals surface area contributed by atoms with Crippen molar-refractivity contribution in [2.24, 2.45) is 0 Å². The van der Waals surface area contributed by atoms with E-state index in [0.29, 0.717) is 21.7 Å². The molecule has 0 atom stereocenters. The molecule has 0 fully saturated rings. The van der Waals surface area contributed by atoms with E-state index in [1.54, 1.807) is 49.4 Å². The highest BCUT2D eigenvalue weighted by Crippen LogP contribution is 2.33. The molecular formula is C32H24Cl2N2O5. The number of fused-ring (bicyclic) bond motifs is 1. The van der Waals surface area contributed by atoms with Crippen molar-refractivity contribution in [2.45, 2.75) is 13.8 Å². The Morgan fingerprint density at radius 1 is 0.829 bits per heavy atom. The molecule has 5 aromatic rings. The van der Waals surface area contributed by atoms with Crippen LogP contribution in [0, 0.1) is 6.92 Å². The fourth-order valence-corrected chi connectivity index (χ4v) is 5.00. The summed E-state index contributed by atoms with van der Waals surface area (Å²) >= 11 is 12.2. The number of anilines is 1. The molecule has 0 spiro atoms. The second kappa shape index (κ2) is 11.9. The molecule has 0 aliphatic carbocycles. The van der Waals surface area contributed by atoms with Crippen molar-refractivity contribution < 1.29 is 23.9 Å². The number of ether oxygens (including phenoxy) is 2. The van der Waals surface area contributed by atoms with Crippen LogP contribution in [0.1, 0.15) is 43.7 Å². The third-order valence-electron chi connectivity index (χ3n) is 6.45. The first-order valence-corrected chi connectivity index (χ1v) is 13.5. The summed E-state index contributed by atoms with van der Waals surface area (Å²) in [4.78, 5) is 39.2. The number of hydrogen-bond acceptors (Lipinski definition) is 5. The summed E-state index contributed by atoms with van der Waals surface area (Å²) in [6.07, 6.45) is 0. The number of halogens is 2. The Balaban J connectivity index is 1.49. The van der Waals surface area contributed by atoms with Crippen LogP contribution in [0.3, 0.4) is 0 Å². The molecule has 0 saturated carbocycles. The molecule has 0 aliphatic rings. The van der Waals surface area contributed by atoms with Gasteiger partial charge in [-0.05, 0) is 74.5 Å². The standard InChI is InChI=1S/C32H24Cl2N2O5/c1-3-40-32(39)29-19(2)36(21-9-5-4-6-10-21)28-16-14-22(18-25(28)29)41-31(38)23-11-7-8-12-27(23)35-30(37)24-17-20(33)13-15-26(24)34/h4-18H,3H2,1-2H3,(H,35,37). The molecule has 1 heterocycles. The molecule has 1 amide bonds. The normalized spacial score (nSPS) is 10.8. The van der Waals surface area contributed by atoms with Crippen molar-refractivity contribution in [1.82, 2.24) is 4.57 Å². The van der Waals surface area contributed by atoms with Gasteiger partial charge >= 0.3 is 11.9 Å². The van der Waals surface area contributed by atoms with E-state index in [4.69, 9.17) is 32.7 Å². The lowest BCUT2D eigenvalue weighted by Crippen LogP contribution is -2.17. The van der Waals surface area contributed by atoms with E-state index in [0.717, 1.165) is 11.2 Å². The van der Waals surface area contributed by atoms with Crippen molar-refractivity contribution in [3.05, 3.63) is 123 Å². The number of rotatable bonds is 7. The molecule has 7 nitrogen and oxygen atoms in total. The predicted molar refractivity (Wildman–Crippen MR) is 160 cm³/mol. The number of carbonyl (C=O) groups excluding carboxylic acids is 3. The number of carbonyl (C=O) groups is 3. The second-order valence-corrected chi connectivity index (χ2v) is 9.89. The minimum Gasteiger partial charge on any atom is -0.462 e. The van der Waals surface area contributed by atoms with Crippen LogP contribution in [0.2, 0.25) is 10.0 Å². The van der Waals surface area contributed by atoms with Crippen molar-refractivity contribution in [1.29, 1.82) is 0 Å². The summed E-state index contributed by atoms with van der Waals surface area (Å²) in [6.45, 7) is 3.80. The molecule has 0 unspecified atom stereocenters. The fourth-order valence-electron chi connectivity index (χ4n) is 4.63. The molecule has 206 valence electrons. The van der Waals surface area contributed by atoms with Gasteiger partial charge in [-0.2, -0.15) is 0 Å². The maximum Gasteiger partial charge on any atom is 0.345 e. The van der Waals surface area contributed by atoms with Gasteiger partial charge < -0.3 is 19.4 Å². The molecule has 1 aromatic heterocycles. The van der Waals surface area contributed by atoms with Gasteiger partial charge in [0.2, 0.25) is 0 Å². The summed E-state index contributed by atoms with van der Waals surface area (Å²) < 4.78 is 13.0. The van der Waals surface area contributed by atoms with E-state index in [1.165, 1.54) is 18.2 Å². The summed E-state index contributed by atoms with van der Waals surface area (Å²) in [6, 6.07) is 25.7. The second-order valence-electron chi connectivity index (χ2n) is 9.04. The first-order valence-electron chi connectivity index (χ1n) is 12.7. The molecule has 0 aliphatic heterocycles. The topological polar surface area (TPSA) is 86.6 Å². The van der Waals surface area contributed by atoms with Crippen LogP contribution >= 0.6 is 23.2 Å². The fraction of sp³-hybridized carbons (Fsp3) is 0.0938. The Bertz CT molecular complexity index is 1800. The van der Waals surface area contributed by atoms with Crippen molar-refractivity contribution >= 4 is 57.6 Å². The number of hydrogen-bond donors (Lipinski definition) is 1. The lowest BCUT2D eigenvalue weighted by atomic mass is 10.1. The zero-order valence-corrected chi connectivity index (χ0v) is 23.6. The van der Waals surface area contributed by atoms with Crippen LogP contribution in [-0.2, 0) is 4.74 Å². The zero-order valence-electron chi connectivity index (χ0n) is 22.1. The summed E-state index contributed by atoms with van der Waals surface area (Å²) in [5.41, 5.74) is 3.23. The van der Waals surface area contributed by atoms with Gasteiger partial charge in [-0.3, -0.25) is 4.79 Å². The summed E-state index contributed by atoms with van der Waals surface area (Å²) in [5, 5.41) is 3.85. The molecule has 41 heavy (non-hydrogen) atoms. The van der Waals surface area contributed by atoms with Gasteiger partial charge in [0.05, 0.1) is 39.5 Å². The largest absolute Gasteiger partial charge is 0.462 e. The maximum atomic E-state index is 13.3. The Morgan fingerprint density at radius 3 is 2.32 bits per heavy atom. The van der Waals surface area contributed by atoms with Crippen LogP contribution in [0.25, 0.3) is 16.6 Å². The highest BCUT2D eigenvalue weighted by atomic mass is 35.5. The molecule has 1 N–H and O–H groups in total. The van der Waals surface area contributed by atoms with Crippen LogP contribution in [0.5, 0.6) is 5.75 Å². The summed E-state index contributed by atoms with van der Waals surface area (Å²) in [5.74, 6) is -1.48. The van der Waals surface area contributed by atoms with Gasteiger partial charge in [-0.1, -0.05) is 53.5 Å². The molecular weight excluding hydrogens is 563 g/mol. The minimum atomic E-state index is -0.700. The molecule has 0 saturated heterocycles. The van der Waals surface area contributed by atoms with Gasteiger partial charge in [0.15, 0.2) is 0 Å². The highest BCUT2D eigenvalue weighted by molar-refractivity contribution is 6.36. The van der Waals surface area contributed by atoms with Gasteiger partial charge in [0, 0.05) is 21.8 Å². The molecule has 4 aromatic carbocycles. The molecule has 9 heteroatoms. The SMILES string of the molecule is CCOC(=O)c1c(C)n(-c2ccccc2)c2ccc(OC(=O)c3ccccc3NC(=O)c3cc(Cl)ccc3Cl)cc12. The van der Waals surface area contributed by atoms with Crippen LogP contribution in [0.4, 0.5) is 5.69 Å². The number of benzene rings is 4. The molecule has 0 bridgehead atoms. The number of esters is 2. The quantitative estimate of drug-likeness (QED) is 0.155. The third kappa shape index (κ3) is 5.68. The third-order valence-corrected chi connectivity index (χ3v) is 7.01. The smallest absolute Gasteiger partial charge is 0.345 e. The van der Waals surface area contributed by atoms with E-state index in [1.807, 2.05) is 41.8 Å². The average Bonchev–Trinajstić information content (AvgIpc) is 3.26. The number of para-hydroxylation sites is 2. The van der Waals surface area contributed by atoms with Crippen LogP contribution in [0.15, 0.2) is 91.0 Å². The van der Waals surface area contributed by atoms with Crippen molar-refractivity contribution in [3.8, 4) is 11.4 Å². The Labute approximate surface area is 246 Å². The Kier molecular flexibility index (Phi) is 8.10. The van der Waals surface area contributed by atoms with E-state index in [9.17, 15) is 14.4 Å². The van der Waals surface area contributed by atoms with E-state index in [-0.39, 0.29) is 34.2 Å². The highest BCUT2D eigenvalue weighted by Gasteiger charge is 2.24. The Hall–Kier alpha value is -4.59. The first-order chi connectivity index (χ1) is 19.8. The minimum absolute atomic E-state index is 0.128. The number of nitrogens with zero attached hydrogens (tertiary/aromatic N) is 1. The van der Waals surface area contributed by atoms with Crippen molar-refractivity contribution in [2.75, 3.05) is 11.9 Å². The van der Waals surface area contributed by atoms with E-state index >= 15 is 0 Å². The van der Waals surface area contributed by atoms with Gasteiger partial charge in [-0.15, -0.1) is 0 Å². The number of nitrogens with one attached hydrogen (secondary N) is 1. The number of amides is 1. The summed E-state index contributed by atoms with van der Waals surface area (Å²) in [7, 11) is 0. The lowest BCUT2D eigenvalue weighted by molar-refractivity contribution is 0.0527. The first kappa shape index (κ1) is 28.0. The molecule has 0 radical (unpaired) electrons. The van der Waals surface area contributed by atoms with Gasteiger partial charge in [0.1, 0.15) is 5.75 Å². The van der Waals surface area contributed by atoms with Gasteiger partial charge in [0.25, 0.3) is 5.91 Å². The maximum absolute atomic E-state index is 13.3. The average molecular weight is 587 g/mol. The van der Waals surface area contributed by atoms with E-state index in [2.05, 4.69) is 5.32 Å². The van der Waals surface area contributed by atoms with E-state index < -0.39 is 17.8 Å². The van der Waals surface area contributed by atoms with Gasteiger partial charge in [-0.25, -0.2) is 9.59 Å². The zero-order chi connectivity index (χ0) is 29.1. The number of aromatic nitrogens is 1. The lowest BCUT2D eigenvalue weighted by Gasteiger charge is -2.12. The monoisotopic (exact) mass is 586 g/mol. The van der Waals surface area contributed by atoms with Crippen molar-refractivity contribution in [3.63, 3.8) is 0 Å². The predicted octanol–water partition coefficient (Wildman–Crippen LogP) is 7.89. The molecule has 5 rings (SSSR count).